The molecule has 0 atom stereocenters. The number of benzene rings is 5. The molecule has 2 aliphatic heterocycles. The van der Waals surface area contributed by atoms with E-state index >= 15 is 0 Å². The first kappa shape index (κ1) is 25.2. The first-order valence-corrected chi connectivity index (χ1v) is 15.3. The Morgan fingerprint density at radius 2 is 1.41 bits per heavy atom. The number of para-hydroxylation sites is 3. The molecular weight excluding hydrogens is 537 g/mol. The van der Waals surface area contributed by atoms with Crippen LogP contribution >= 0.6 is 0 Å². The van der Waals surface area contributed by atoms with Crippen molar-refractivity contribution in [3.63, 3.8) is 0 Å². The fraction of sp³-hybridized carbons (Fsp3) is 0.103. The molecule has 44 heavy (non-hydrogen) atoms. The molecule has 2 aliphatic rings. The van der Waals surface area contributed by atoms with Crippen LogP contribution < -0.4 is 20.6 Å². The second-order valence-corrected chi connectivity index (χ2v) is 12.9. The molecule has 7 aromatic rings. The van der Waals surface area contributed by atoms with Gasteiger partial charge in [-0.15, -0.1) is 0 Å². The van der Waals surface area contributed by atoms with Crippen molar-refractivity contribution in [2.45, 2.75) is 26.2 Å². The molecule has 0 saturated carbocycles. The largest absolute Gasteiger partial charge is 0.456 e. The topological polar surface area (TPSA) is 30.3 Å². The van der Waals surface area contributed by atoms with Gasteiger partial charge >= 0.3 is 6.85 Å². The van der Waals surface area contributed by atoms with Crippen LogP contribution in [0.15, 0.2) is 128 Å². The molecule has 0 amide bonds. The molecule has 0 N–H and O–H groups in total. The molecule has 4 nitrogen and oxygen atoms in total. The maximum atomic E-state index is 6.26. The minimum absolute atomic E-state index is 0.0167. The zero-order chi connectivity index (χ0) is 29.6. The van der Waals surface area contributed by atoms with E-state index in [9.17, 15) is 0 Å². The Bertz CT molecular complexity index is 2250. The third kappa shape index (κ3) is 3.56. The number of hydrogen-bond acceptors (Lipinski definition) is 3. The van der Waals surface area contributed by atoms with Crippen molar-refractivity contribution in [1.29, 1.82) is 0 Å². The Labute approximate surface area is 257 Å². The van der Waals surface area contributed by atoms with Gasteiger partial charge in [0.1, 0.15) is 17.1 Å². The van der Waals surface area contributed by atoms with Crippen LogP contribution in [-0.4, -0.2) is 16.3 Å². The number of nitrogens with zero attached hydrogens (tertiary/aromatic N) is 3. The third-order valence-corrected chi connectivity index (χ3v) is 9.21. The van der Waals surface area contributed by atoms with Crippen LogP contribution in [0.5, 0.6) is 11.5 Å². The van der Waals surface area contributed by atoms with Crippen molar-refractivity contribution in [1.82, 2.24) is 9.46 Å². The lowest BCUT2D eigenvalue weighted by atomic mass is 9.45. The normalized spacial score (nSPS) is 13.2. The lowest BCUT2D eigenvalue weighted by Gasteiger charge is -2.40. The maximum Gasteiger partial charge on any atom is 0.334 e. The SMILES string of the molecule is CC(C)(C)c1ccc2c(c1)N(c1ccccc1)c1cccc3c1B2n1c2ncc(Oc4ccccc4)cc2c2cccc-3c21. The predicted molar refractivity (Wildman–Crippen MR) is 183 cm³/mol. The fourth-order valence-electron chi connectivity index (χ4n) is 7.22. The van der Waals surface area contributed by atoms with E-state index in [1.807, 2.05) is 36.5 Å². The zero-order valence-corrected chi connectivity index (χ0v) is 25.0. The van der Waals surface area contributed by atoms with E-state index in [2.05, 4.69) is 121 Å². The molecule has 9 rings (SSSR count). The molecule has 5 heteroatoms. The molecule has 0 spiro atoms. The van der Waals surface area contributed by atoms with Crippen LogP contribution in [-0.2, 0) is 5.41 Å². The van der Waals surface area contributed by atoms with Gasteiger partial charge in [-0.25, -0.2) is 4.98 Å². The fourth-order valence-corrected chi connectivity index (χ4v) is 7.22. The van der Waals surface area contributed by atoms with Gasteiger partial charge in [0.05, 0.1) is 6.20 Å². The summed E-state index contributed by atoms with van der Waals surface area (Å²) in [6.07, 6.45) is 1.86. The van der Waals surface area contributed by atoms with Crippen molar-refractivity contribution in [2.75, 3.05) is 4.90 Å². The van der Waals surface area contributed by atoms with Crippen LogP contribution in [0.1, 0.15) is 26.3 Å². The Kier molecular flexibility index (Phi) is 5.22. The summed E-state index contributed by atoms with van der Waals surface area (Å²) in [6.45, 7) is 6.84. The van der Waals surface area contributed by atoms with Crippen molar-refractivity contribution in [2.24, 2.45) is 0 Å². The van der Waals surface area contributed by atoms with E-state index in [-0.39, 0.29) is 12.3 Å². The molecule has 0 saturated heterocycles. The number of fused-ring (bicyclic) bond motifs is 7. The predicted octanol–water partition coefficient (Wildman–Crippen LogP) is 8.70. The van der Waals surface area contributed by atoms with Gasteiger partial charge in [0, 0.05) is 38.9 Å². The standard InChI is InChI=1S/C39H30BN3O/c1-39(2,3)25-20-21-33-35(22-25)42(26-12-6-4-7-13-26)34-19-11-16-29-30-17-10-18-31-32-23-28(44-27-14-8-5-9-15-27)24-41-38(32)43(37(30)31)40(33)36(29)34/h4-24H,1-3H3. The number of pyridine rings is 1. The minimum atomic E-state index is -0.0199. The summed E-state index contributed by atoms with van der Waals surface area (Å²) in [5, 5.41) is 2.29. The molecule has 0 unspecified atom stereocenters. The summed E-state index contributed by atoms with van der Waals surface area (Å²) in [7, 11) is 0. The van der Waals surface area contributed by atoms with Crippen LogP contribution in [0.3, 0.4) is 0 Å². The van der Waals surface area contributed by atoms with Gasteiger partial charge in [0.15, 0.2) is 0 Å². The van der Waals surface area contributed by atoms with Crippen molar-refractivity contribution >= 4 is 56.8 Å². The average molecular weight is 568 g/mol. The van der Waals surface area contributed by atoms with Gasteiger partial charge in [-0.05, 0) is 69.9 Å². The van der Waals surface area contributed by atoms with Crippen LogP contribution in [0.25, 0.3) is 33.1 Å². The lowest BCUT2D eigenvalue weighted by molar-refractivity contribution is 0.481. The summed E-state index contributed by atoms with van der Waals surface area (Å²) >= 11 is 0. The Balaban J connectivity index is 1.35. The molecule has 0 bridgehead atoms. The van der Waals surface area contributed by atoms with E-state index < -0.39 is 0 Å². The highest BCUT2D eigenvalue weighted by Gasteiger charge is 2.43. The lowest BCUT2D eigenvalue weighted by Crippen LogP contribution is -2.56. The number of hydrogen-bond donors (Lipinski definition) is 0. The second-order valence-electron chi connectivity index (χ2n) is 12.9. The minimum Gasteiger partial charge on any atom is -0.456 e. The van der Waals surface area contributed by atoms with Crippen molar-refractivity contribution in [3.05, 3.63) is 133 Å². The molecular formula is C39H30BN3O. The first-order valence-electron chi connectivity index (χ1n) is 15.3. The number of anilines is 3. The van der Waals surface area contributed by atoms with Crippen LogP contribution in [0, 0.1) is 0 Å². The van der Waals surface area contributed by atoms with E-state index in [0.29, 0.717) is 0 Å². The van der Waals surface area contributed by atoms with Gasteiger partial charge in [-0.2, -0.15) is 0 Å². The van der Waals surface area contributed by atoms with Crippen molar-refractivity contribution < 1.29 is 4.74 Å². The quantitative estimate of drug-likeness (QED) is 0.200. The smallest absolute Gasteiger partial charge is 0.334 e. The molecule has 0 fully saturated rings. The second kappa shape index (κ2) is 9.11. The highest BCUT2D eigenvalue weighted by atomic mass is 16.5. The van der Waals surface area contributed by atoms with E-state index in [1.165, 1.54) is 49.9 Å². The summed E-state index contributed by atoms with van der Waals surface area (Å²) in [4.78, 5) is 7.57. The van der Waals surface area contributed by atoms with Crippen LogP contribution in [0.2, 0.25) is 0 Å². The molecule has 5 aromatic carbocycles. The first-order chi connectivity index (χ1) is 21.5. The maximum absolute atomic E-state index is 6.26. The van der Waals surface area contributed by atoms with E-state index in [0.717, 1.165) is 28.2 Å². The van der Waals surface area contributed by atoms with E-state index in [4.69, 9.17) is 9.72 Å². The number of aromatic nitrogens is 2. The highest BCUT2D eigenvalue weighted by Crippen LogP contribution is 2.45. The van der Waals surface area contributed by atoms with Gasteiger partial charge in [-0.1, -0.05) is 99.6 Å². The van der Waals surface area contributed by atoms with Gasteiger partial charge in [-0.3, -0.25) is 0 Å². The molecule has 0 aliphatic carbocycles. The summed E-state index contributed by atoms with van der Waals surface area (Å²) in [5.41, 5.74) is 12.2. The monoisotopic (exact) mass is 567 g/mol. The molecule has 210 valence electrons. The highest BCUT2D eigenvalue weighted by molar-refractivity contribution is 6.90. The zero-order valence-electron chi connectivity index (χ0n) is 25.0. The Morgan fingerprint density at radius 3 is 2.20 bits per heavy atom. The third-order valence-electron chi connectivity index (χ3n) is 9.21. The number of ether oxygens (including phenoxy) is 1. The van der Waals surface area contributed by atoms with E-state index in [1.54, 1.807) is 0 Å². The molecule has 2 aromatic heterocycles. The average Bonchev–Trinajstić information content (AvgIpc) is 3.37. The summed E-state index contributed by atoms with van der Waals surface area (Å²) < 4.78 is 8.74. The summed E-state index contributed by atoms with van der Waals surface area (Å²) in [6, 6.07) is 43.3. The Hall–Kier alpha value is -5.29. The molecule has 4 heterocycles. The Morgan fingerprint density at radius 1 is 0.659 bits per heavy atom. The van der Waals surface area contributed by atoms with Gasteiger partial charge in [0.25, 0.3) is 0 Å². The summed E-state index contributed by atoms with van der Waals surface area (Å²) in [5.74, 6) is 1.54. The van der Waals surface area contributed by atoms with Crippen LogP contribution in [0.4, 0.5) is 17.1 Å². The van der Waals surface area contributed by atoms with Gasteiger partial charge in [0.2, 0.25) is 0 Å². The number of rotatable bonds is 3. The van der Waals surface area contributed by atoms with Gasteiger partial charge < -0.3 is 14.1 Å². The molecule has 0 radical (unpaired) electrons. The van der Waals surface area contributed by atoms with Crippen molar-refractivity contribution in [3.8, 4) is 22.6 Å².